The van der Waals surface area contributed by atoms with Gasteiger partial charge in [0.15, 0.2) is 5.82 Å². The highest BCUT2D eigenvalue weighted by molar-refractivity contribution is 7.89. The molecule has 0 saturated carbocycles. The number of aromatic nitrogens is 2. The van der Waals surface area contributed by atoms with E-state index in [9.17, 15) is 13.2 Å². The van der Waals surface area contributed by atoms with E-state index in [2.05, 4.69) is 15.5 Å². The lowest BCUT2D eigenvalue weighted by molar-refractivity contribution is -0.116. The molecule has 1 heterocycles. The van der Waals surface area contributed by atoms with Crippen molar-refractivity contribution in [3.63, 3.8) is 0 Å². The zero-order valence-electron chi connectivity index (χ0n) is 22.8. The molecule has 10 nitrogen and oxygen atoms in total. The van der Waals surface area contributed by atoms with Gasteiger partial charge in [-0.05, 0) is 35.4 Å². The number of carbonyl (C=O) groups excluding carboxylic acids is 1. The molecule has 0 aliphatic heterocycles. The molecule has 0 atom stereocenters. The lowest BCUT2D eigenvalue weighted by atomic mass is 10.1. The van der Waals surface area contributed by atoms with Gasteiger partial charge in [0.1, 0.15) is 16.4 Å². The third-order valence-corrected chi connectivity index (χ3v) is 7.90. The average Bonchev–Trinajstić information content (AvgIpc) is 3.43. The maximum absolute atomic E-state index is 13.8. The van der Waals surface area contributed by atoms with Crippen LogP contribution in [0.1, 0.15) is 42.6 Å². The largest absolute Gasteiger partial charge is 0.497 e. The highest BCUT2D eigenvalue weighted by atomic mass is 32.2. The molecule has 40 heavy (non-hydrogen) atoms. The van der Waals surface area contributed by atoms with E-state index in [4.69, 9.17) is 14.0 Å². The van der Waals surface area contributed by atoms with Gasteiger partial charge in [-0.1, -0.05) is 61.5 Å². The van der Waals surface area contributed by atoms with E-state index in [1.807, 2.05) is 44.2 Å². The molecule has 0 unspecified atom stereocenters. The van der Waals surface area contributed by atoms with Crippen molar-refractivity contribution in [2.75, 3.05) is 26.1 Å². The van der Waals surface area contributed by atoms with E-state index in [1.54, 1.807) is 30.3 Å². The van der Waals surface area contributed by atoms with Crippen LogP contribution in [-0.4, -0.2) is 49.5 Å². The molecule has 1 amide bonds. The Kier molecular flexibility index (Phi) is 9.18. The van der Waals surface area contributed by atoms with Crippen LogP contribution in [0.2, 0.25) is 0 Å². The third-order valence-electron chi connectivity index (χ3n) is 6.09. The van der Waals surface area contributed by atoms with E-state index in [1.165, 1.54) is 26.4 Å². The summed E-state index contributed by atoms with van der Waals surface area (Å²) in [5.74, 6) is 1.32. The van der Waals surface area contributed by atoms with Crippen LogP contribution in [0.15, 0.2) is 82.2 Å². The summed E-state index contributed by atoms with van der Waals surface area (Å²) in [5.41, 5.74) is 2.19. The fourth-order valence-corrected chi connectivity index (χ4v) is 5.52. The predicted molar refractivity (Wildman–Crippen MR) is 150 cm³/mol. The van der Waals surface area contributed by atoms with Crippen molar-refractivity contribution in [1.29, 1.82) is 0 Å². The number of carbonyl (C=O) groups is 1. The molecule has 0 bridgehead atoms. The monoisotopic (exact) mass is 564 g/mol. The Morgan fingerprint density at radius 2 is 1.70 bits per heavy atom. The van der Waals surface area contributed by atoms with Crippen LogP contribution in [0.4, 0.5) is 5.69 Å². The number of benzene rings is 3. The van der Waals surface area contributed by atoms with Crippen molar-refractivity contribution in [3.05, 3.63) is 95.6 Å². The van der Waals surface area contributed by atoms with Crippen LogP contribution < -0.4 is 14.8 Å². The first-order chi connectivity index (χ1) is 19.2. The van der Waals surface area contributed by atoms with Gasteiger partial charge in [-0.25, -0.2) is 8.42 Å². The van der Waals surface area contributed by atoms with Crippen LogP contribution >= 0.6 is 0 Å². The maximum atomic E-state index is 13.8. The standard InChI is InChI=1S/C29H32N4O6S/c1-20(2)29-31-27(32-39-29)16-21-10-12-23(13-11-21)30-28(34)19-33(18-22-8-6-5-7-9-22)40(35,36)26-17-24(37-3)14-15-25(26)38-4/h5-15,17,20H,16,18-19H2,1-4H3,(H,30,34). The number of anilines is 1. The molecule has 0 spiro atoms. The first-order valence-corrected chi connectivity index (χ1v) is 14.1. The molecule has 1 N–H and O–H groups in total. The summed E-state index contributed by atoms with van der Waals surface area (Å²) in [4.78, 5) is 17.4. The summed E-state index contributed by atoms with van der Waals surface area (Å²) in [6.45, 7) is 3.53. The Balaban J connectivity index is 1.52. The van der Waals surface area contributed by atoms with Crippen molar-refractivity contribution in [1.82, 2.24) is 14.4 Å². The summed E-state index contributed by atoms with van der Waals surface area (Å²) >= 11 is 0. The summed E-state index contributed by atoms with van der Waals surface area (Å²) in [7, 11) is -1.33. The SMILES string of the molecule is COc1ccc(OC)c(S(=O)(=O)N(CC(=O)Nc2ccc(Cc3noc(C(C)C)n3)cc2)Cc2ccccc2)c1. The minimum atomic E-state index is -4.16. The summed E-state index contributed by atoms with van der Waals surface area (Å²) < 4.78 is 44.6. The highest BCUT2D eigenvalue weighted by Gasteiger charge is 2.30. The van der Waals surface area contributed by atoms with Crippen molar-refractivity contribution in [2.45, 2.75) is 37.6 Å². The number of nitrogens with one attached hydrogen (secondary N) is 1. The molecule has 210 valence electrons. The highest BCUT2D eigenvalue weighted by Crippen LogP contribution is 2.31. The van der Waals surface area contributed by atoms with E-state index < -0.39 is 22.5 Å². The van der Waals surface area contributed by atoms with Crippen LogP contribution in [0, 0.1) is 0 Å². The molecule has 1 aromatic heterocycles. The van der Waals surface area contributed by atoms with Crippen molar-refractivity contribution >= 4 is 21.6 Å². The summed E-state index contributed by atoms with van der Waals surface area (Å²) in [5, 5.41) is 6.80. The number of methoxy groups -OCH3 is 2. The Bertz CT molecular complexity index is 1540. The van der Waals surface area contributed by atoms with Crippen molar-refractivity contribution < 1.29 is 27.2 Å². The average molecular weight is 565 g/mol. The fraction of sp³-hybridized carbons (Fsp3) is 0.276. The lowest BCUT2D eigenvalue weighted by Crippen LogP contribution is -2.37. The first kappa shape index (κ1) is 28.8. The first-order valence-electron chi connectivity index (χ1n) is 12.7. The van der Waals surface area contributed by atoms with Crippen LogP contribution in [-0.2, 0) is 27.8 Å². The Morgan fingerprint density at radius 3 is 2.33 bits per heavy atom. The predicted octanol–water partition coefficient (Wildman–Crippen LogP) is 4.63. The van der Waals surface area contributed by atoms with E-state index in [-0.39, 0.29) is 23.1 Å². The normalized spacial score (nSPS) is 11.6. The second kappa shape index (κ2) is 12.8. The molecule has 0 fully saturated rings. The number of hydrogen-bond donors (Lipinski definition) is 1. The molecule has 0 aliphatic carbocycles. The van der Waals surface area contributed by atoms with Gasteiger partial charge >= 0.3 is 0 Å². The topological polar surface area (TPSA) is 124 Å². The van der Waals surface area contributed by atoms with Crippen LogP contribution in [0.5, 0.6) is 11.5 Å². The Morgan fingerprint density at radius 1 is 0.975 bits per heavy atom. The number of sulfonamides is 1. The van der Waals surface area contributed by atoms with Gasteiger partial charge in [-0.15, -0.1) is 0 Å². The maximum Gasteiger partial charge on any atom is 0.247 e. The molecule has 3 aromatic carbocycles. The summed E-state index contributed by atoms with van der Waals surface area (Å²) in [6, 6.07) is 20.8. The smallest absolute Gasteiger partial charge is 0.247 e. The molecular formula is C29H32N4O6S. The summed E-state index contributed by atoms with van der Waals surface area (Å²) in [6.07, 6.45) is 0.482. The molecule has 0 aliphatic rings. The molecular weight excluding hydrogens is 532 g/mol. The van der Waals surface area contributed by atoms with E-state index >= 15 is 0 Å². The second-order valence-electron chi connectivity index (χ2n) is 9.40. The number of hydrogen-bond acceptors (Lipinski definition) is 8. The van der Waals surface area contributed by atoms with Gasteiger partial charge in [0, 0.05) is 30.6 Å². The third kappa shape index (κ3) is 7.04. The lowest BCUT2D eigenvalue weighted by Gasteiger charge is -2.23. The Hall–Kier alpha value is -4.22. The number of ether oxygens (including phenoxy) is 2. The van der Waals surface area contributed by atoms with Gasteiger partial charge in [-0.3, -0.25) is 4.79 Å². The van der Waals surface area contributed by atoms with Gasteiger partial charge < -0.3 is 19.3 Å². The zero-order chi connectivity index (χ0) is 28.7. The minimum absolute atomic E-state index is 0.0149. The van der Waals surface area contributed by atoms with Gasteiger partial charge in [0.2, 0.25) is 21.8 Å². The van der Waals surface area contributed by atoms with Crippen molar-refractivity contribution in [2.24, 2.45) is 0 Å². The van der Waals surface area contributed by atoms with Gasteiger partial charge in [0.25, 0.3) is 0 Å². The second-order valence-corrected chi connectivity index (χ2v) is 11.3. The number of rotatable bonds is 12. The Labute approximate surface area is 234 Å². The van der Waals surface area contributed by atoms with Gasteiger partial charge in [-0.2, -0.15) is 9.29 Å². The number of nitrogens with zero attached hydrogens (tertiary/aromatic N) is 3. The molecule has 4 aromatic rings. The molecule has 11 heteroatoms. The van der Waals surface area contributed by atoms with Crippen LogP contribution in [0.25, 0.3) is 0 Å². The number of amides is 1. The zero-order valence-corrected chi connectivity index (χ0v) is 23.6. The molecule has 0 saturated heterocycles. The molecule has 4 rings (SSSR count). The van der Waals surface area contributed by atoms with E-state index in [0.717, 1.165) is 15.4 Å². The van der Waals surface area contributed by atoms with Gasteiger partial charge in [0.05, 0.1) is 20.8 Å². The van der Waals surface area contributed by atoms with Crippen molar-refractivity contribution in [3.8, 4) is 11.5 Å². The quantitative estimate of drug-likeness (QED) is 0.264. The molecule has 0 radical (unpaired) electrons. The minimum Gasteiger partial charge on any atom is -0.497 e. The fourth-order valence-electron chi connectivity index (χ4n) is 3.96. The van der Waals surface area contributed by atoms with Crippen LogP contribution in [0.3, 0.4) is 0 Å². The van der Waals surface area contributed by atoms with E-state index in [0.29, 0.717) is 29.6 Å².